The molecule has 296 valence electrons. The molecule has 2 N–H and O–H groups in total. The van der Waals surface area contributed by atoms with Crippen LogP contribution < -0.4 is 69.3 Å². The van der Waals surface area contributed by atoms with Gasteiger partial charge in [0, 0.05) is 44.1 Å². The Balaban J connectivity index is 0.000000433. The van der Waals surface area contributed by atoms with E-state index in [0.29, 0.717) is 40.7 Å². The minimum absolute atomic E-state index is 0. The SMILES string of the molecule is CCN=C1C=C/C(=C(\c2ccc(NCC)c(C)c2)c2ccc(S(=O)(=O)[O-])cc2S(=O)(=O)O)C=C1C.CN(C)c1ccc(N=Nc2ccc(S(=O)(=O)[O-])cc2)cc1.[Na+].[Na+]. The van der Waals surface area contributed by atoms with E-state index in [1.807, 2.05) is 101 Å². The van der Waals surface area contributed by atoms with E-state index in [9.17, 15) is 38.9 Å². The van der Waals surface area contributed by atoms with E-state index in [4.69, 9.17) is 0 Å². The molecular formula is C39H41N5Na2O9S3. The van der Waals surface area contributed by atoms with Crippen LogP contribution in [0.1, 0.15) is 37.5 Å². The van der Waals surface area contributed by atoms with Crippen LogP contribution in [0.2, 0.25) is 0 Å². The molecular weight excluding hydrogens is 825 g/mol. The van der Waals surface area contributed by atoms with Crippen LogP contribution in [0.25, 0.3) is 5.57 Å². The molecule has 4 aromatic rings. The first kappa shape index (κ1) is 50.8. The van der Waals surface area contributed by atoms with Crippen LogP contribution in [0, 0.1) is 6.92 Å². The van der Waals surface area contributed by atoms with Gasteiger partial charge in [0.25, 0.3) is 10.1 Å². The number of azo groups is 1. The zero-order valence-corrected chi connectivity index (χ0v) is 39.9. The molecule has 19 heteroatoms. The molecule has 14 nitrogen and oxygen atoms in total. The molecule has 0 radical (unpaired) electrons. The Morgan fingerprint density at radius 1 is 0.741 bits per heavy atom. The number of aryl methyl sites for hydroxylation is 1. The Kier molecular flexibility index (Phi) is 19.1. The van der Waals surface area contributed by atoms with Crippen LogP contribution in [0.4, 0.5) is 22.7 Å². The standard InChI is InChI=1S/C25H28N2O6S2.C14H15N3O3S.2Na/c1-5-26-22-11-7-18(13-16(22)3)25(19-8-12-23(27-6-2)17(4)14-19)21-10-9-20(34(28,29)30)15-24(21)35(31,32)33;1-17(2)13-7-3-11(4-8-13)15-16-12-5-9-14(10-6-12)21(18,19)20;;/h7-15,26H,5-6H2,1-4H3,(H,28,29,30)(H,31,32,33);3-10H,1-2H3,(H,18,19,20);;/q;;2*+1/p-2/b25-19-,27-23?;;;. The van der Waals surface area contributed by atoms with Crippen molar-refractivity contribution in [3.05, 3.63) is 131 Å². The topological polar surface area (TPSA) is 221 Å². The molecule has 5 rings (SSSR count). The molecule has 0 atom stereocenters. The quantitative estimate of drug-likeness (QED) is 0.125. The third-order valence-electron chi connectivity index (χ3n) is 8.26. The van der Waals surface area contributed by atoms with Gasteiger partial charge in [0.1, 0.15) is 25.1 Å². The number of hydrogen-bond acceptors (Lipinski definition) is 13. The van der Waals surface area contributed by atoms with E-state index in [2.05, 4.69) is 20.5 Å². The number of rotatable bonds is 11. The van der Waals surface area contributed by atoms with Crippen molar-refractivity contribution in [3.8, 4) is 0 Å². The van der Waals surface area contributed by atoms with Crippen molar-refractivity contribution in [2.75, 3.05) is 37.4 Å². The smallest absolute Gasteiger partial charge is 0.744 e. The molecule has 0 bridgehead atoms. The minimum atomic E-state index is -4.95. The van der Waals surface area contributed by atoms with Crippen molar-refractivity contribution in [2.24, 2.45) is 15.2 Å². The predicted molar refractivity (Wildman–Crippen MR) is 216 cm³/mol. The molecule has 0 saturated heterocycles. The second-order valence-electron chi connectivity index (χ2n) is 12.6. The van der Waals surface area contributed by atoms with Crippen molar-refractivity contribution < 1.29 is 98.0 Å². The number of nitrogens with one attached hydrogen (secondary N) is 1. The minimum Gasteiger partial charge on any atom is -0.744 e. The van der Waals surface area contributed by atoms with Gasteiger partial charge in [0.15, 0.2) is 0 Å². The summed E-state index contributed by atoms with van der Waals surface area (Å²) in [5, 5.41) is 11.3. The summed E-state index contributed by atoms with van der Waals surface area (Å²) in [6.07, 6.45) is 5.46. The second-order valence-corrected chi connectivity index (χ2v) is 16.7. The van der Waals surface area contributed by atoms with E-state index in [1.165, 1.54) is 30.3 Å². The number of anilines is 2. The van der Waals surface area contributed by atoms with Crippen molar-refractivity contribution in [2.45, 2.75) is 42.4 Å². The monoisotopic (exact) mass is 865 g/mol. The Hall–Kier alpha value is -3.30. The molecule has 0 fully saturated rings. The number of benzene rings is 4. The molecule has 0 aliphatic heterocycles. The summed E-state index contributed by atoms with van der Waals surface area (Å²) >= 11 is 0. The first-order chi connectivity index (χ1) is 26.2. The van der Waals surface area contributed by atoms with Gasteiger partial charge in [-0.2, -0.15) is 18.6 Å². The molecule has 0 heterocycles. The van der Waals surface area contributed by atoms with Crippen LogP contribution in [0.3, 0.4) is 0 Å². The largest absolute Gasteiger partial charge is 1.00 e. The number of allylic oxidation sites excluding steroid dienone is 5. The van der Waals surface area contributed by atoms with Crippen molar-refractivity contribution in [3.63, 3.8) is 0 Å². The normalized spacial score (nSPS) is 14.4. The van der Waals surface area contributed by atoms with Crippen molar-refractivity contribution in [1.29, 1.82) is 0 Å². The summed E-state index contributed by atoms with van der Waals surface area (Å²) in [7, 11) is -10.4. The molecule has 0 unspecified atom stereocenters. The number of nitrogens with zero attached hydrogens (tertiary/aromatic N) is 4. The number of hydrogen-bond donors (Lipinski definition) is 2. The van der Waals surface area contributed by atoms with E-state index in [1.54, 1.807) is 6.08 Å². The second kappa shape index (κ2) is 21.8. The Morgan fingerprint density at radius 3 is 1.76 bits per heavy atom. The Morgan fingerprint density at radius 2 is 1.29 bits per heavy atom. The van der Waals surface area contributed by atoms with Gasteiger partial charge in [-0.3, -0.25) is 9.55 Å². The predicted octanol–water partition coefficient (Wildman–Crippen LogP) is 1.44. The average molecular weight is 866 g/mol. The molecule has 1 aliphatic carbocycles. The fraction of sp³-hybridized carbons (Fsp3) is 0.205. The van der Waals surface area contributed by atoms with Crippen molar-refractivity contribution in [1.82, 2.24) is 0 Å². The fourth-order valence-electron chi connectivity index (χ4n) is 5.53. The van der Waals surface area contributed by atoms with Gasteiger partial charge in [-0.25, -0.2) is 16.8 Å². The molecule has 4 aromatic carbocycles. The van der Waals surface area contributed by atoms with Gasteiger partial charge in [-0.15, -0.1) is 0 Å². The van der Waals surface area contributed by atoms with Crippen LogP contribution >= 0.6 is 0 Å². The first-order valence-electron chi connectivity index (χ1n) is 17.1. The zero-order chi connectivity index (χ0) is 41.4. The van der Waals surface area contributed by atoms with Gasteiger partial charge < -0.3 is 19.3 Å². The fourth-order valence-corrected chi connectivity index (χ4v) is 7.30. The van der Waals surface area contributed by atoms with Crippen LogP contribution in [-0.2, 0) is 30.4 Å². The van der Waals surface area contributed by atoms with Gasteiger partial charge in [0.2, 0.25) is 0 Å². The molecule has 58 heavy (non-hydrogen) atoms. The van der Waals surface area contributed by atoms with Gasteiger partial charge >= 0.3 is 59.1 Å². The van der Waals surface area contributed by atoms with E-state index < -0.39 is 40.1 Å². The molecule has 1 aliphatic rings. The summed E-state index contributed by atoms with van der Waals surface area (Å²) in [5.41, 5.74) is 7.46. The van der Waals surface area contributed by atoms with E-state index in [0.717, 1.165) is 40.8 Å². The van der Waals surface area contributed by atoms with Gasteiger partial charge in [-0.1, -0.05) is 18.2 Å². The van der Waals surface area contributed by atoms with Crippen LogP contribution in [0.15, 0.2) is 144 Å². The maximum absolute atomic E-state index is 12.3. The third-order valence-corrected chi connectivity index (χ3v) is 10.8. The molecule has 0 spiro atoms. The Labute approximate surface area is 384 Å². The van der Waals surface area contributed by atoms with E-state index >= 15 is 0 Å². The van der Waals surface area contributed by atoms with Gasteiger partial charge in [-0.05, 0) is 140 Å². The maximum Gasteiger partial charge on any atom is 1.00 e. The Bertz CT molecular complexity index is 2590. The maximum atomic E-state index is 12.3. The summed E-state index contributed by atoms with van der Waals surface area (Å²) in [4.78, 5) is 4.71. The summed E-state index contributed by atoms with van der Waals surface area (Å²) < 4.78 is 102. The van der Waals surface area contributed by atoms with Crippen LogP contribution in [-0.4, -0.2) is 71.8 Å². The molecule has 0 aromatic heterocycles. The van der Waals surface area contributed by atoms with Gasteiger partial charge in [0.05, 0.1) is 26.9 Å². The van der Waals surface area contributed by atoms with E-state index in [-0.39, 0.29) is 69.6 Å². The zero-order valence-electron chi connectivity index (χ0n) is 33.5. The van der Waals surface area contributed by atoms with Crippen LogP contribution in [0.5, 0.6) is 0 Å². The summed E-state index contributed by atoms with van der Waals surface area (Å²) in [5.74, 6) is 0. The third kappa shape index (κ3) is 13.9. The average Bonchev–Trinajstić information content (AvgIpc) is 3.12. The summed E-state index contributed by atoms with van der Waals surface area (Å²) in [6, 6.07) is 21.3. The number of aliphatic imine (C=N–C) groups is 1. The molecule has 0 amide bonds. The molecule has 0 saturated carbocycles. The first-order valence-corrected chi connectivity index (χ1v) is 21.3. The summed E-state index contributed by atoms with van der Waals surface area (Å²) in [6.45, 7) is 9.00. The van der Waals surface area contributed by atoms with Crippen molar-refractivity contribution >= 4 is 64.4 Å².